The van der Waals surface area contributed by atoms with Crippen molar-refractivity contribution in [3.8, 4) is 17.1 Å². The molecule has 142 valence electrons. The number of rotatable bonds is 7. The van der Waals surface area contributed by atoms with Crippen LogP contribution >= 0.6 is 23.8 Å². The van der Waals surface area contributed by atoms with Gasteiger partial charge >= 0.3 is 0 Å². The van der Waals surface area contributed by atoms with Crippen LogP contribution in [0.1, 0.15) is 12.5 Å². The fraction of sp³-hybridized carbons (Fsp3) is 0.316. The van der Waals surface area contributed by atoms with Crippen molar-refractivity contribution in [2.45, 2.75) is 26.7 Å². The minimum absolute atomic E-state index is 0.638. The molecule has 1 aromatic carbocycles. The van der Waals surface area contributed by atoms with Crippen LogP contribution in [0.15, 0.2) is 42.7 Å². The number of methoxy groups -OCH3 is 1. The minimum Gasteiger partial charge on any atom is -0.496 e. The molecule has 27 heavy (non-hydrogen) atoms. The highest BCUT2D eigenvalue weighted by Gasteiger charge is 2.16. The number of hydrogen-bond acceptors (Lipinski definition) is 4. The van der Waals surface area contributed by atoms with Crippen molar-refractivity contribution in [1.82, 2.24) is 19.3 Å². The monoisotopic (exact) mass is 404 g/mol. The summed E-state index contributed by atoms with van der Waals surface area (Å²) in [5.41, 5.74) is 2.06. The number of ether oxygens (including phenoxy) is 1. The Morgan fingerprint density at radius 3 is 2.63 bits per heavy atom. The summed E-state index contributed by atoms with van der Waals surface area (Å²) in [5.74, 6) is 1.69. The van der Waals surface area contributed by atoms with Crippen LogP contribution in [0.2, 0.25) is 5.02 Å². The lowest BCUT2D eigenvalue weighted by atomic mass is 10.2. The van der Waals surface area contributed by atoms with Crippen molar-refractivity contribution >= 4 is 23.8 Å². The molecule has 0 saturated carbocycles. The second-order valence-electron chi connectivity index (χ2n) is 6.33. The zero-order valence-electron chi connectivity index (χ0n) is 15.6. The van der Waals surface area contributed by atoms with Crippen LogP contribution in [-0.2, 0) is 19.8 Å². The number of aromatic nitrogens is 4. The Bertz CT molecular complexity index is 970. The Morgan fingerprint density at radius 1 is 1.22 bits per heavy atom. The lowest BCUT2D eigenvalue weighted by Crippen LogP contribution is -3.07. The van der Waals surface area contributed by atoms with E-state index in [4.69, 9.17) is 33.7 Å². The van der Waals surface area contributed by atoms with Crippen molar-refractivity contribution in [1.29, 1.82) is 0 Å². The topological polar surface area (TPSA) is 49.3 Å². The first-order valence-corrected chi connectivity index (χ1v) is 9.53. The third-order valence-corrected chi connectivity index (χ3v) is 5.00. The van der Waals surface area contributed by atoms with Gasteiger partial charge in [0.1, 0.15) is 12.3 Å². The molecule has 0 spiro atoms. The van der Waals surface area contributed by atoms with Gasteiger partial charge in [-0.15, -0.1) is 5.10 Å². The first kappa shape index (κ1) is 19.5. The van der Waals surface area contributed by atoms with Crippen LogP contribution in [0.4, 0.5) is 0 Å². The summed E-state index contributed by atoms with van der Waals surface area (Å²) in [7, 11) is 3.77. The Kier molecular flexibility index (Phi) is 6.26. The van der Waals surface area contributed by atoms with Crippen LogP contribution in [-0.4, -0.2) is 33.5 Å². The van der Waals surface area contributed by atoms with Gasteiger partial charge in [-0.05, 0) is 49.5 Å². The zero-order chi connectivity index (χ0) is 19.4. The van der Waals surface area contributed by atoms with E-state index in [-0.39, 0.29) is 0 Å². The van der Waals surface area contributed by atoms with E-state index in [2.05, 4.69) is 19.0 Å². The third-order valence-electron chi connectivity index (χ3n) is 4.33. The van der Waals surface area contributed by atoms with Gasteiger partial charge in [0, 0.05) is 35.1 Å². The van der Waals surface area contributed by atoms with Gasteiger partial charge in [0.05, 0.1) is 14.2 Å². The fourth-order valence-corrected chi connectivity index (χ4v) is 3.58. The number of benzene rings is 1. The molecule has 0 aliphatic rings. The number of hydrogen-bond donors (Lipinski definition) is 1. The Balaban J connectivity index is 1.85. The SMILES string of the molecule is CCn1c(-c2ccncc2)nn(C[NH+](C)Cc2cc(Cl)ccc2OC)c1=S. The summed E-state index contributed by atoms with van der Waals surface area (Å²) in [5, 5.41) is 5.46. The van der Waals surface area contributed by atoms with Gasteiger partial charge in [0.25, 0.3) is 0 Å². The van der Waals surface area contributed by atoms with Gasteiger partial charge in [0.2, 0.25) is 4.77 Å². The normalized spacial score (nSPS) is 12.1. The maximum atomic E-state index is 6.15. The van der Waals surface area contributed by atoms with Gasteiger partial charge in [-0.2, -0.15) is 4.68 Å². The number of pyridine rings is 1. The largest absolute Gasteiger partial charge is 0.496 e. The molecule has 2 heterocycles. The summed E-state index contributed by atoms with van der Waals surface area (Å²) in [6.07, 6.45) is 3.53. The molecule has 2 aromatic heterocycles. The van der Waals surface area contributed by atoms with Crippen LogP contribution in [0.25, 0.3) is 11.4 Å². The van der Waals surface area contributed by atoms with Crippen molar-refractivity contribution in [3.05, 3.63) is 58.1 Å². The summed E-state index contributed by atoms with van der Waals surface area (Å²) in [6.45, 7) is 4.21. The molecule has 1 N–H and O–H groups in total. The molecule has 3 aromatic rings. The molecule has 0 radical (unpaired) electrons. The van der Waals surface area contributed by atoms with Crippen molar-refractivity contribution in [2.24, 2.45) is 0 Å². The quantitative estimate of drug-likeness (QED) is 0.615. The molecule has 0 fully saturated rings. The summed E-state index contributed by atoms with van der Waals surface area (Å²) in [4.78, 5) is 5.29. The Morgan fingerprint density at radius 2 is 1.96 bits per heavy atom. The van der Waals surface area contributed by atoms with E-state index < -0.39 is 0 Å². The van der Waals surface area contributed by atoms with E-state index in [9.17, 15) is 0 Å². The van der Waals surface area contributed by atoms with E-state index in [0.29, 0.717) is 16.5 Å². The summed E-state index contributed by atoms with van der Waals surface area (Å²) in [6, 6.07) is 9.56. The molecule has 3 rings (SSSR count). The van der Waals surface area contributed by atoms with Gasteiger partial charge in [-0.3, -0.25) is 4.98 Å². The highest BCUT2D eigenvalue weighted by Crippen LogP contribution is 2.22. The maximum absolute atomic E-state index is 6.15. The van der Waals surface area contributed by atoms with Crippen LogP contribution in [0.3, 0.4) is 0 Å². The molecule has 0 amide bonds. The van der Waals surface area contributed by atoms with Crippen molar-refractivity contribution in [2.75, 3.05) is 14.2 Å². The number of quaternary nitrogens is 1. The summed E-state index contributed by atoms with van der Waals surface area (Å²) >= 11 is 11.8. The third kappa shape index (κ3) is 4.37. The number of nitrogens with zero attached hydrogens (tertiary/aromatic N) is 4. The van der Waals surface area contributed by atoms with Crippen LogP contribution in [0, 0.1) is 4.77 Å². The molecule has 1 unspecified atom stereocenters. The molecular formula is C19H23ClN5OS+. The van der Waals surface area contributed by atoms with Gasteiger partial charge in [-0.25, -0.2) is 0 Å². The van der Waals surface area contributed by atoms with E-state index in [1.54, 1.807) is 19.5 Å². The second kappa shape index (κ2) is 8.65. The predicted molar refractivity (Wildman–Crippen MR) is 109 cm³/mol. The molecular weight excluding hydrogens is 382 g/mol. The van der Waals surface area contributed by atoms with Gasteiger partial charge in [0.15, 0.2) is 12.5 Å². The average molecular weight is 405 g/mol. The smallest absolute Gasteiger partial charge is 0.203 e. The Labute approximate surface area is 169 Å². The molecule has 1 atom stereocenters. The van der Waals surface area contributed by atoms with E-state index >= 15 is 0 Å². The molecule has 0 saturated heterocycles. The first-order chi connectivity index (χ1) is 13.0. The second-order valence-corrected chi connectivity index (χ2v) is 7.14. The van der Waals surface area contributed by atoms with Gasteiger partial charge in [-0.1, -0.05) is 11.6 Å². The highest BCUT2D eigenvalue weighted by atomic mass is 35.5. The Hall–Kier alpha value is -2.22. The van der Waals surface area contributed by atoms with E-state index in [1.807, 2.05) is 39.6 Å². The van der Waals surface area contributed by atoms with Crippen LogP contribution in [0.5, 0.6) is 5.75 Å². The molecule has 8 heteroatoms. The van der Waals surface area contributed by atoms with Crippen LogP contribution < -0.4 is 9.64 Å². The highest BCUT2D eigenvalue weighted by molar-refractivity contribution is 7.71. The van der Waals surface area contributed by atoms with Crippen molar-refractivity contribution in [3.63, 3.8) is 0 Å². The van der Waals surface area contributed by atoms with E-state index in [1.165, 1.54) is 4.90 Å². The molecule has 0 bridgehead atoms. The zero-order valence-corrected chi connectivity index (χ0v) is 17.2. The molecule has 6 nitrogen and oxygen atoms in total. The van der Waals surface area contributed by atoms with Crippen molar-refractivity contribution < 1.29 is 9.64 Å². The van der Waals surface area contributed by atoms with Gasteiger partial charge < -0.3 is 14.2 Å². The number of halogens is 1. The number of nitrogens with one attached hydrogen (secondary N) is 1. The minimum atomic E-state index is 0.638. The lowest BCUT2D eigenvalue weighted by Gasteiger charge is -2.16. The maximum Gasteiger partial charge on any atom is 0.203 e. The fourth-order valence-electron chi connectivity index (χ4n) is 3.07. The molecule has 0 aliphatic carbocycles. The average Bonchev–Trinajstić information content (AvgIpc) is 2.98. The van der Waals surface area contributed by atoms with E-state index in [0.717, 1.165) is 35.8 Å². The molecule has 0 aliphatic heterocycles. The standard InChI is InChI=1S/C19H22ClN5OS/c1-4-24-18(14-7-9-21-10-8-14)22-25(19(24)27)13-23(2)12-15-11-16(20)5-6-17(15)26-3/h5-11H,4,12-13H2,1-3H3/p+1. The first-order valence-electron chi connectivity index (χ1n) is 8.75. The predicted octanol–water partition coefficient (Wildman–Crippen LogP) is 2.83. The summed E-state index contributed by atoms with van der Waals surface area (Å²) < 4.78 is 10.1. The lowest BCUT2D eigenvalue weighted by molar-refractivity contribution is -0.917.